The number of hydrogen-bond donors (Lipinski definition) is 2. The molecule has 0 saturated carbocycles. The molecule has 0 aliphatic carbocycles. The second kappa shape index (κ2) is 8.48. The zero-order valence-electron chi connectivity index (χ0n) is 14.4. The fraction of sp³-hybridized carbons (Fsp3) is 0.350. The number of benzene rings is 2. The normalized spacial score (nSPS) is 19.4. The second-order valence-corrected chi connectivity index (χ2v) is 6.92. The lowest BCUT2D eigenvalue weighted by molar-refractivity contribution is -0.123. The molecule has 0 bridgehead atoms. The van der Waals surface area contributed by atoms with Gasteiger partial charge in [0.1, 0.15) is 0 Å². The second-order valence-electron chi connectivity index (χ2n) is 6.49. The molecule has 1 fully saturated rings. The molecule has 2 N–H and O–H groups in total. The Kier molecular flexibility index (Phi) is 6.08. The van der Waals surface area contributed by atoms with Crippen molar-refractivity contribution in [1.82, 2.24) is 15.5 Å². The number of amides is 1. The minimum atomic E-state index is -0.177. The highest BCUT2D eigenvalue weighted by molar-refractivity contribution is 6.30. The Balaban J connectivity index is 1.75. The van der Waals surface area contributed by atoms with Crippen LogP contribution in [0.1, 0.15) is 24.1 Å². The number of halogens is 1. The van der Waals surface area contributed by atoms with Crippen LogP contribution in [0.3, 0.4) is 0 Å². The number of hydrogen-bond acceptors (Lipinski definition) is 3. The van der Waals surface area contributed by atoms with Gasteiger partial charge in [-0.1, -0.05) is 54.1 Å². The predicted molar refractivity (Wildman–Crippen MR) is 102 cm³/mol. The van der Waals surface area contributed by atoms with Crippen molar-refractivity contribution >= 4 is 17.5 Å². The Morgan fingerprint density at radius 2 is 1.88 bits per heavy atom. The molecule has 1 amide bonds. The Morgan fingerprint density at radius 3 is 2.56 bits per heavy atom. The quantitative estimate of drug-likeness (QED) is 0.864. The molecule has 3 rings (SSSR count). The molecular weight excluding hydrogens is 334 g/mol. The van der Waals surface area contributed by atoms with E-state index in [0.717, 1.165) is 30.8 Å². The van der Waals surface area contributed by atoms with Crippen LogP contribution in [0, 0.1) is 0 Å². The molecule has 1 aliphatic rings. The first-order valence-electron chi connectivity index (χ1n) is 8.68. The highest BCUT2D eigenvalue weighted by atomic mass is 35.5. The molecule has 0 spiro atoms. The minimum absolute atomic E-state index is 0.0394. The molecule has 132 valence electrons. The van der Waals surface area contributed by atoms with Gasteiger partial charge in [0.05, 0.1) is 12.6 Å². The summed E-state index contributed by atoms with van der Waals surface area (Å²) in [5, 5.41) is 7.23. The summed E-state index contributed by atoms with van der Waals surface area (Å²) in [6.07, 6.45) is 0. The number of carbonyl (C=O) groups is 1. The summed E-state index contributed by atoms with van der Waals surface area (Å²) in [6, 6.07) is 17.9. The molecule has 1 heterocycles. The molecule has 2 aromatic rings. The molecule has 2 atom stereocenters. The summed E-state index contributed by atoms with van der Waals surface area (Å²) < 4.78 is 0. The number of nitrogens with zero attached hydrogens (tertiary/aromatic N) is 1. The van der Waals surface area contributed by atoms with Gasteiger partial charge >= 0.3 is 0 Å². The van der Waals surface area contributed by atoms with E-state index in [9.17, 15) is 4.79 Å². The van der Waals surface area contributed by atoms with Gasteiger partial charge in [-0.3, -0.25) is 9.69 Å². The lowest BCUT2D eigenvalue weighted by Crippen LogP contribution is -2.53. The monoisotopic (exact) mass is 357 g/mol. The molecule has 2 aromatic carbocycles. The van der Waals surface area contributed by atoms with Gasteiger partial charge in [-0.2, -0.15) is 0 Å². The van der Waals surface area contributed by atoms with Crippen LogP contribution in [0.2, 0.25) is 5.02 Å². The third-order valence-corrected chi connectivity index (χ3v) is 4.88. The number of piperazine rings is 1. The predicted octanol–water partition coefficient (Wildman–Crippen LogP) is 2.84. The molecule has 4 nitrogen and oxygen atoms in total. The summed E-state index contributed by atoms with van der Waals surface area (Å²) >= 11 is 6.01. The number of rotatable bonds is 5. The van der Waals surface area contributed by atoms with E-state index >= 15 is 0 Å². The van der Waals surface area contributed by atoms with Crippen LogP contribution in [0.5, 0.6) is 0 Å². The maximum absolute atomic E-state index is 12.7. The maximum Gasteiger partial charge on any atom is 0.234 e. The average molecular weight is 358 g/mol. The van der Waals surface area contributed by atoms with Crippen molar-refractivity contribution in [1.29, 1.82) is 0 Å². The van der Waals surface area contributed by atoms with Gasteiger partial charge in [0.15, 0.2) is 0 Å². The SMILES string of the molecule is C[C@H]1CNCCN1CC(=O)NC(c1ccccc1)c1ccc(Cl)cc1. The Morgan fingerprint density at radius 1 is 1.20 bits per heavy atom. The molecule has 1 saturated heterocycles. The number of carbonyl (C=O) groups excluding carboxylic acids is 1. The van der Waals surface area contributed by atoms with Gasteiger partial charge in [0.25, 0.3) is 0 Å². The molecule has 0 aromatic heterocycles. The summed E-state index contributed by atoms with van der Waals surface area (Å²) in [7, 11) is 0. The zero-order valence-corrected chi connectivity index (χ0v) is 15.2. The van der Waals surface area contributed by atoms with Crippen LogP contribution in [0.15, 0.2) is 54.6 Å². The van der Waals surface area contributed by atoms with E-state index in [2.05, 4.69) is 22.5 Å². The van der Waals surface area contributed by atoms with Crippen LogP contribution < -0.4 is 10.6 Å². The smallest absolute Gasteiger partial charge is 0.234 e. The van der Waals surface area contributed by atoms with E-state index in [4.69, 9.17) is 11.6 Å². The topological polar surface area (TPSA) is 44.4 Å². The van der Waals surface area contributed by atoms with Gasteiger partial charge in [-0.25, -0.2) is 0 Å². The molecule has 25 heavy (non-hydrogen) atoms. The zero-order chi connectivity index (χ0) is 17.6. The van der Waals surface area contributed by atoms with Crippen LogP contribution in [-0.2, 0) is 4.79 Å². The van der Waals surface area contributed by atoms with Crippen molar-refractivity contribution in [2.45, 2.75) is 19.0 Å². The van der Waals surface area contributed by atoms with E-state index < -0.39 is 0 Å². The van der Waals surface area contributed by atoms with Gasteiger partial charge < -0.3 is 10.6 Å². The van der Waals surface area contributed by atoms with Crippen LogP contribution >= 0.6 is 11.6 Å². The number of nitrogens with one attached hydrogen (secondary N) is 2. The maximum atomic E-state index is 12.7. The summed E-state index contributed by atoms with van der Waals surface area (Å²) in [4.78, 5) is 14.9. The van der Waals surface area contributed by atoms with E-state index in [1.54, 1.807) is 0 Å². The van der Waals surface area contributed by atoms with Crippen molar-refractivity contribution in [3.8, 4) is 0 Å². The fourth-order valence-corrected chi connectivity index (χ4v) is 3.29. The first-order chi connectivity index (χ1) is 12.1. The van der Waals surface area contributed by atoms with E-state index in [0.29, 0.717) is 17.6 Å². The largest absolute Gasteiger partial charge is 0.344 e. The molecule has 5 heteroatoms. The first kappa shape index (κ1) is 17.9. The standard InChI is InChI=1S/C20H24ClN3O/c1-15-13-22-11-12-24(15)14-19(25)23-20(16-5-3-2-4-6-16)17-7-9-18(21)10-8-17/h2-10,15,20,22H,11-14H2,1H3,(H,23,25)/t15-,20?/m0/s1. The van der Waals surface area contributed by atoms with Crippen molar-refractivity contribution in [3.05, 3.63) is 70.7 Å². The average Bonchev–Trinajstić information content (AvgIpc) is 2.63. The minimum Gasteiger partial charge on any atom is -0.344 e. The molecule has 0 radical (unpaired) electrons. The molecular formula is C20H24ClN3O. The van der Waals surface area contributed by atoms with Gasteiger partial charge in [-0.15, -0.1) is 0 Å². The van der Waals surface area contributed by atoms with E-state index in [1.165, 1.54) is 0 Å². The van der Waals surface area contributed by atoms with Crippen molar-refractivity contribution < 1.29 is 4.79 Å². The molecule has 1 aliphatic heterocycles. The van der Waals surface area contributed by atoms with Crippen molar-refractivity contribution in [2.24, 2.45) is 0 Å². The Bertz CT molecular complexity index is 690. The lowest BCUT2D eigenvalue weighted by atomic mass is 9.98. The van der Waals surface area contributed by atoms with Crippen LogP contribution in [-0.4, -0.2) is 43.0 Å². The fourth-order valence-electron chi connectivity index (χ4n) is 3.17. The van der Waals surface area contributed by atoms with E-state index in [1.807, 2.05) is 54.6 Å². The van der Waals surface area contributed by atoms with Gasteiger partial charge in [0, 0.05) is 30.7 Å². The highest BCUT2D eigenvalue weighted by Crippen LogP contribution is 2.23. The van der Waals surface area contributed by atoms with Crippen molar-refractivity contribution in [3.63, 3.8) is 0 Å². The summed E-state index contributed by atoms with van der Waals surface area (Å²) in [5.41, 5.74) is 2.09. The van der Waals surface area contributed by atoms with Gasteiger partial charge in [0.2, 0.25) is 5.91 Å². The van der Waals surface area contributed by atoms with Crippen molar-refractivity contribution in [2.75, 3.05) is 26.2 Å². The summed E-state index contributed by atoms with van der Waals surface area (Å²) in [5.74, 6) is 0.0394. The lowest BCUT2D eigenvalue weighted by Gasteiger charge is -2.33. The third kappa shape index (κ3) is 4.82. The van der Waals surface area contributed by atoms with Gasteiger partial charge in [-0.05, 0) is 30.2 Å². The van der Waals surface area contributed by atoms with Crippen LogP contribution in [0.25, 0.3) is 0 Å². The van der Waals surface area contributed by atoms with E-state index in [-0.39, 0.29) is 11.9 Å². The Labute approximate surface area is 154 Å². The Hall–Kier alpha value is -1.88. The summed E-state index contributed by atoms with van der Waals surface area (Å²) in [6.45, 7) is 5.31. The molecule has 1 unspecified atom stereocenters. The first-order valence-corrected chi connectivity index (χ1v) is 9.06. The third-order valence-electron chi connectivity index (χ3n) is 4.63. The van der Waals surface area contributed by atoms with Crippen LogP contribution in [0.4, 0.5) is 0 Å². The highest BCUT2D eigenvalue weighted by Gasteiger charge is 2.22.